The molecule has 4 heterocycles. The summed E-state index contributed by atoms with van der Waals surface area (Å²) in [5, 5.41) is 65.7. The van der Waals surface area contributed by atoms with Gasteiger partial charge < -0.3 is 39.9 Å². The number of hydroxylamine groups is 8. The lowest BCUT2D eigenvalue weighted by Gasteiger charge is -2.52. The molecule has 0 radical (unpaired) electrons. The van der Waals surface area contributed by atoms with Crippen molar-refractivity contribution in [2.24, 2.45) is 0 Å². The van der Waals surface area contributed by atoms with Crippen molar-refractivity contribution in [3.05, 3.63) is 305 Å². The van der Waals surface area contributed by atoms with E-state index in [0.29, 0.717) is 40.7 Å². The fourth-order valence-electron chi connectivity index (χ4n) is 15.2. The SMILES string of the molecule is Cc1cc(C)c(C2N(C[N+]3([O-])c4ccccc4N(Cc4ccc(-c5cccc(-c6ccccc6)c5C5N(C)c6ccccc6[N+]5(C)[O-])cc4)C3c3c(Br)cccc3Br)c3ccccc3[N+]2([O-])CN2c3ccccc3[N+](C)([O-])C2c2ccccc2)c(C)c1. The van der Waals surface area contributed by atoms with Gasteiger partial charge in [-0.2, -0.15) is 0 Å². The molecule has 0 aromatic heterocycles. The zero-order chi connectivity index (χ0) is 60.3. The van der Waals surface area contributed by atoms with Crippen molar-refractivity contribution >= 4 is 77.4 Å². The van der Waals surface area contributed by atoms with Crippen LogP contribution in [0.1, 0.15) is 69.2 Å². The summed E-state index contributed by atoms with van der Waals surface area (Å²) >= 11 is 7.95. The second kappa shape index (κ2) is 21.4. The lowest BCUT2D eigenvalue weighted by atomic mass is 9.89. The van der Waals surface area contributed by atoms with Gasteiger partial charge in [-0.15, -0.1) is 0 Å². The molecule has 14 heteroatoms. The summed E-state index contributed by atoms with van der Waals surface area (Å²) < 4.78 is -1.57. The van der Waals surface area contributed by atoms with Gasteiger partial charge in [0, 0.05) is 63.5 Å². The summed E-state index contributed by atoms with van der Waals surface area (Å²) in [6.07, 6.45) is -3.22. The maximum atomic E-state index is 17.7. The second-order valence-electron chi connectivity index (χ2n) is 24.2. The summed E-state index contributed by atoms with van der Waals surface area (Å²) in [6, 6.07) is 76.4. The number of hydrogen-bond acceptors (Lipinski definition) is 8. The first-order valence-electron chi connectivity index (χ1n) is 29.5. The molecule has 0 amide bonds. The Kier molecular flexibility index (Phi) is 14.0. The molecule has 0 spiro atoms. The molecule has 8 unspecified atom stereocenters. The average Bonchev–Trinajstić information content (AvgIpc) is 1.57. The Morgan fingerprint density at radius 2 is 0.805 bits per heavy atom. The average molecular weight is 1280 g/mol. The van der Waals surface area contributed by atoms with Gasteiger partial charge in [0.25, 0.3) is 0 Å². The number of rotatable bonds is 12. The van der Waals surface area contributed by atoms with Crippen LogP contribution in [-0.2, 0) is 6.54 Å². The lowest BCUT2D eigenvalue weighted by molar-refractivity contribution is 0.226. The van der Waals surface area contributed by atoms with Gasteiger partial charge in [0.2, 0.25) is 6.17 Å². The van der Waals surface area contributed by atoms with Gasteiger partial charge in [0.05, 0.1) is 19.7 Å². The van der Waals surface area contributed by atoms with Crippen LogP contribution in [0.2, 0.25) is 0 Å². The van der Waals surface area contributed by atoms with Crippen molar-refractivity contribution < 1.29 is 0 Å². The Hall–Kier alpha value is -7.96. The predicted octanol–water partition coefficient (Wildman–Crippen LogP) is 18.2. The van der Waals surface area contributed by atoms with Crippen LogP contribution in [0.3, 0.4) is 0 Å². The summed E-state index contributed by atoms with van der Waals surface area (Å²) in [6.45, 7) is 6.27. The summed E-state index contributed by atoms with van der Waals surface area (Å²) in [5.74, 6) is 0. The van der Waals surface area contributed by atoms with Crippen LogP contribution in [0.5, 0.6) is 0 Å². The minimum absolute atomic E-state index is 0.132. The maximum absolute atomic E-state index is 17.7. The first-order valence-corrected chi connectivity index (χ1v) is 31.1. The number of benzene rings is 10. The van der Waals surface area contributed by atoms with Gasteiger partial charge in [-0.05, 0) is 96.1 Å². The topological polar surface area (TPSA) is 105 Å². The monoisotopic (exact) mass is 1280 g/mol. The van der Waals surface area contributed by atoms with Crippen LogP contribution in [0, 0.1) is 41.6 Å². The summed E-state index contributed by atoms with van der Waals surface area (Å²) in [7, 11) is 5.45. The Morgan fingerprint density at radius 1 is 0.391 bits per heavy atom. The number of aryl methyl sites for hydroxylation is 3. The Balaban J connectivity index is 0.895. The van der Waals surface area contributed by atoms with Crippen molar-refractivity contribution in [3.63, 3.8) is 0 Å². The van der Waals surface area contributed by atoms with Crippen LogP contribution >= 0.6 is 31.9 Å². The van der Waals surface area contributed by atoms with Crippen LogP contribution in [0.15, 0.2) is 239 Å². The number of anilines is 4. The number of nitrogens with zero attached hydrogens (tertiary/aromatic N) is 8. The lowest BCUT2D eigenvalue weighted by Crippen LogP contribution is -2.60. The van der Waals surface area contributed by atoms with E-state index in [1.165, 1.54) is 0 Å². The molecule has 0 fully saturated rings. The zero-order valence-corrected chi connectivity index (χ0v) is 52.5. The highest BCUT2D eigenvalue weighted by Gasteiger charge is 2.58. The molecule has 436 valence electrons. The molecule has 0 saturated carbocycles. The third kappa shape index (κ3) is 8.99. The van der Waals surface area contributed by atoms with Gasteiger partial charge in [0.1, 0.15) is 22.7 Å². The summed E-state index contributed by atoms with van der Waals surface area (Å²) in [5.41, 5.74) is 16.6. The van der Waals surface area contributed by atoms with E-state index in [1.807, 2.05) is 176 Å². The molecule has 10 aromatic rings. The number of fused-ring (bicyclic) bond motifs is 4. The predicted molar refractivity (Wildman–Crippen MR) is 365 cm³/mol. The van der Waals surface area contributed by atoms with Crippen LogP contribution in [-0.4, -0.2) is 34.5 Å². The van der Waals surface area contributed by atoms with Gasteiger partial charge in [0.15, 0.2) is 54.6 Å². The number of hydrogen-bond donors (Lipinski definition) is 0. The molecule has 4 aliphatic heterocycles. The Morgan fingerprint density at radius 3 is 1.36 bits per heavy atom. The van der Waals surface area contributed by atoms with E-state index in [0.717, 1.165) is 87.1 Å². The van der Waals surface area contributed by atoms with E-state index in [-0.39, 0.29) is 13.3 Å². The van der Waals surface area contributed by atoms with Crippen molar-refractivity contribution in [2.75, 3.05) is 54.1 Å². The van der Waals surface area contributed by atoms with Gasteiger partial charge in [-0.1, -0.05) is 207 Å². The summed E-state index contributed by atoms with van der Waals surface area (Å²) in [4.78, 5) is 8.46. The second-order valence-corrected chi connectivity index (χ2v) is 25.9. The van der Waals surface area contributed by atoms with Crippen LogP contribution in [0.25, 0.3) is 22.3 Å². The third-order valence-electron chi connectivity index (χ3n) is 18.7. The van der Waals surface area contributed by atoms with E-state index in [9.17, 15) is 0 Å². The smallest absolute Gasteiger partial charge is 0.202 e. The third-order valence-corrected chi connectivity index (χ3v) is 20.1. The normalized spacial score (nSPS) is 24.3. The van der Waals surface area contributed by atoms with E-state index < -0.39 is 43.2 Å². The molecule has 4 aliphatic rings. The highest BCUT2D eigenvalue weighted by Crippen LogP contribution is 2.61. The van der Waals surface area contributed by atoms with E-state index in [2.05, 4.69) is 134 Å². The van der Waals surface area contributed by atoms with Crippen molar-refractivity contribution in [2.45, 2.75) is 52.0 Å². The van der Waals surface area contributed by atoms with Crippen LogP contribution in [0.4, 0.5) is 45.5 Å². The Bertz CT molecular complexity index is 4260. The molecule has 12 nitrogen and oxygen atoms in total. The molecule has 0 bridgehead atoms. The zero-order valence-electron chi connectivity index (χ0n) is 49.3. The fourth-order valence-corrected chi connectivity index (χ4v) is 16.6. The Labute approximate surface area is 525 Å². The van der Waals surface area contributed by atoms with Gasteiger partial charge in [-0.25, -0.2) is 0 Å². The number of halogens is 2. The maximum Gasteiger partial charge on any atom is 0.202 e. The van der Waals surface area contributed by atoms with E-state index in [1.54, 1.807) is 14.1 Å². The molecule has 14 rings (SSSR count). The minimum Gasteiger partial charge on any atom is -0.626 e. The first-order chi connectivity index (χ1) is 41.9. The van der Waals surface area contributed by atoms with Crippen molar-refractivity contribution in [1.29, 1.82) is 0 Å². The van der Waals surface area contributed by atoms with E-state index >= 15 is 20.8 Å². The van der Waals surface area contributed by atoms with Crippen molar-refractivity contribution in [3.8, 4) is 22.3 Å². The number of quaternary nitrogens is 4. The number of para-hydroxylation sites is 8. The quantitative estimate of drug-likeness (QED) is 0.0880. The molecule has 0 saturated heterocycles. The fraction of sp³-hybridized carbons (Fsp3) is 0.178. The molecule has 0 aliphatic carbocycles. The molecular weight excluding hydrogens is 1210 g/mol. The molecule has 10 aromatic carbocycles. The molecule has 8 atom stereocenters. The minimum atomic E-state index is -0.972. The first kappa shape index (κ1) is 56.8. The highest BCUT2D eigenvalue weighted by atomic mass is 79.9. The van der Waals surface area contributed by atoms with Crippen molar-refractivity contribution in [1.82, 2.24) is 18.6 Å². The highest BCUT2D eigenvalue weighted by molar-refractivity contribution is 9.11. The molecule has 0 N–H and O–H groups in total. The van der Waals surface area contributed by atoms with E-state index in [4.69, 9.17) is 0 Å². The molecular formula is C73H66Br2N8O4. The molecule has 87 heavy (non-hydrogen) atoms. The standard InChI is InChI=1S/C73H66Br2N8O4/c1-48-43-49(2)67(50(3)44-48)72-79(62-34-16-20-38-66(62)82(72,86)46-78-60-32-14-18-36-64(60)80(5,84)70(78)54-25-11-8-12-26-54)47-83(87)65-37-19-15-33-61(65)77(73(83)69-57(74)29-22-30-58(69)75)45-51-39-41-53(42-40-51)56-28-21-27-55(52-23-9-7-10-24-52)68(56)71-76(4)59-31-13-17-35-63(59)81(71,6)85/h7-44,70-73H,45-47H2,1-6H3. The largest absolute Gasteiger partial charge is 0.626 e. The van der Waals surface area contributed by atoms with Gasteiger partial charge >= 0.3 is 0 Å². The van der Waals surface area contributed by atoms with Gasteiger partial charge in [-0.3, -0.25) is 19.1 Å². The van der Waals surface area contributed by atoms with Crippen LogP contribution < -0.4 is 38.2 Å².